The number of hydrogen-bond donors (Lipinski definition) is 0. The molecule has 0 saturated carbocycles. The summed E-state index contributed by atoms with van der Waals surface area (Å²) in [7, 11) is 0. The van der Waals surface area contributed by atoms with Crippen LogP contribution in [0.2, 0.25) is 0 Å². The fourth-order valence-electron chi connectivity index (χ4n) is 2.91. The summed E-state index contributed by atoms with van der Waals surface area (Å²) >= 11 is 1.85. The second kappa shape index (κ2) is 5.02. The average molecular weight is 294 g/mol. The molecule has 2 bridgehead atoms. The molecule has 4 heteroatoms. The van der Waals surface area contributed by atoms with Crippen LogP contribution in [0.15, 0.2) is 35.2 Å². The number of benzene rings is 1. The first-order chi connectivity index (χ1) is 9.38. The van der Waals surface area contributed by atoms with Crippen molar-refractivity contribution in [3.63, 3.8) is 0 Å². The van der Waals surface area contributed by atoms with E-state index in [4.69, 9.17) is 14.2 Å². The fourth-order valence-corrected chi connectivity index (χ4v) is 4.09. The van der Waals surface area contributed by atoms with Crippen LogP contribution in [0.5, 0.6) is 0 Å². The van der Waals surface area contributed by atoms with Crippen LogP contribution >= 0.6 is 11.8 Å². The fraction of sp³-hybridized carbons (Fsp3) is 0.625. The van der Waals surface area contributed by atoms with E-state index in [9.17, 15) is 0 Å². The van der Waals surface area contributed by atoms with Crippen molar-refractivity contribution in [2.24, 2.45) is 0 Å². The Morgan fingerprint density at radius 1 is 1.15 bits per heavy atom. The lowest BCUT2D eigenvalue weighted by atomic mass is 9.97. The maximum atomic E-state index is 6.11. The molecule has 0 aliphatic carbocycles. The van der Waals surface area contributed by atoms with E-state index in [-0.39, 0.29) is 23.1 Å². The lowest BCUT2D eigenvalue weighted by Crippen LogP contribution is -2.48. The van der Waals surface area contributed by atoms with Crippen molar-refractivity contribution >= 4 is 11.8 Å². The van der Waals surface area contributed by atoms with E-state index in [1.54, 1.807) is 0 Å². The Hall–Kier alpha value is -0.550. The van der Waals surface area contributed by atoms with Crippen LogP contribution in [0.25, 0.3) is 0 Å². The molecule has 3 nitrogen and oxygen atoms in total. The number of fused-ring (bicyclic) bond motifs is 2. The molecule has 20 heavy (non-hydrogen) atoms. The predicted molar refractivity (Wildman–Crippen MR) is 79.7 cm³/mol. The van der Waals surface area contributed by atoms with Gasteiger partial charge in [0, 0.05) is 23.0 Å². The maximum Gasteiger partial charge on any atom is 0.280 e. The van der Waals surface area contributed by atoms with Gasteiger partial charge in [-0.15, -0.1) is 11.8 Å². The van der Waals surface area contributed by atoms with Crippen molar-refractivity contribution in [2.75, 3.05) is 0 Å². The monoisotopic (exact) mass is 294 g/mol. The Balaban J connectivity index is 1.75. The second-order valence-corrected chi connectivity index (χ2v) is 7.93. The zero-order chi connectivity index (χ0) is 14.4. The summed E-state index contributed by atoms with van der Waals surface area (Å²) in [4.78, 5) is 1.26. The normalized spacial score (nSPS) is 37.1. The molecule has 0 aromatic heterocycles. The molecule has 0 unspecified atom stereocenters. The highest BCUT2D eigenvalue weighted by Gasteiger charge is 2.53. The molecule has 110 valence electrons. The summed E-state index contributed by atoms with van der Waals surface area (Å²) in [5, 5.41) is 0. The highest BCUT2D eigenvalue weighted by molar-refractivity contribution is 8.00. The first-order valence-electron chi connectivity index (χ1n) is 7.15. The summed E-state index contributed by atoms with van der Waals surface area (Å²) in [6.45, 7) is 8.39. The van der Waals surface area contributed by atoms with E-state index in [0.29, 0.717) is 0 Å². The largest absolute Gasteiger partial charge is 0.323 e. The molecule has 1 aromatic carbocycles. The lowest BCUT2D eigenvalue weighted by Gasteiger charge is -2.41. The highest BCUT2D eigenvalue weighted by atomic mass is 32.2. The standard InChI is InChI=1S/C16H22O3S/c1-11-13-10-14(19-16(4,17-11)18-13)15(2,3)20-12-8-6-5-7-9-12/h5-9,11,13-14H,10H2,1-4H3/t11-,13-,14-,16+/m1/s1. The van der Waals surface area contributed by atoms with Gasteiger partial charge in [0.25, 0.3) is 5.97 Å². The summed E-state index contributed by atoms with van der Waals surface area (Å²) in [6, 6.07) is 10.5. The van der Waals surface area contributed by atoms with Crippen molar-refractivity contribution in [1.29, 1.82) is 0 Å². The van der Waals surface area contributed by atoms with E-state index >= 15 is 0 Å². The van der Waals surface area contributed by atoms with Gasteiger partial charge in [-0.25, -0.2) is 0 Å². The van der Waals surface area contributed by atoms with Crippen LogP contribution in [-0.2, 0) is 14.2 Å². The first-order valence-corrected chi connectivity index (χ1v) is 7.97. The van der Waals surface area contributed by atoms with Gasteiger partial charge in [-0.3, -0.25) is 0 Å². The van der Waals surface area contributed by atoms with Crippen molar-refractivity contribution < 1.29 is 14.2 Å². The molecule has 2 saturated heterocycles. The second-order valence-electron chi connectivity index (χ2n) is 6.20. The molecule has 2 fully saturated rings. The highest BCUT2D eigenvalue weighted by Crippen LogP contribution is 2.46. The van der Waals surface area contributed by atoms with Gasteiger partial charge < -0.3 is 14.2 Å². The van der Waals surface area contributed by atoms with Gasteiger partial charge in [0.2, 0.25) is 0 Å². The van der Waals surface area contributed by atoms with Crippen molar-refractivity contribution in [2.45, 2.75) is 68.0 Å². The zero-order valence-corrected chi connectivity index (χ0v) is 13.3. The Labute approximate surface area is 125 Å². The quantitative estimate of drug-likeness (QED) is 0.792. The molecule has 0 radical (unpaired) electrons. The molecule has 0 amide bonds. The summed E-state index contributed by atoms with van der Waals surface area (Å²) in [5.41, 5.74) is 0. The van der Waals surface area contributed by atoms with Gasteiger partial charge in [-0.05, 0) is 32.9 Å². The van der Waals surface area contributed by atoms with Gasteiger partial charge in [0.1, 0.15) is 0 Å². The minimum Gasteiger partial charge on any atom is -0.323 e. The van der Waals surface area contributed by atoms with Gasteiger partial charge in [0.05, 0.1) is 18.3 Å². The molecule has 1 aromatic rings. The maximum absolute atomic E-state index is 6.11. The Bertz CT molecular complexity index is 472. The Morgan fingerprint density at radius 2 is 1.85 bits per heavy atom. The third kappa shape index (κ3) is 2.75. The van der Waals surface area contributed by atoms with Gasteiger partial charge >= 0.3 is 0 Å². The molecular weight excluding hydrogens is 272 g/mol. The minimum absolute atomic E-state index is 0.0297. The summed E-state index contributed by atoms with van der Waals surface area (Å²) in [5.74, 6) is -0.873. The van der Waals surface area contributed by atoms with E-state index in [1.165, 1.54) is 4.90 Å². The van der Waals surface area contributed by atoms with Gasteiger partial charge in [0.15, 0.2) is 0 Å². The molecule has 3 rings (SSSR count). The number of hydrogen-bond acceptors (Lipinski definition) is 4. The van der Waals surface area contributed by atoms with E-state index in [0.717, 1.165) is 6.42 Å². The van der Waals surface area contributed by atoms with Crippen LogP contribution in [0.4, 0.5) is 0 Å². The van der Waals surface area contributed by atoms with Crippen LogP contribution in [0.3, 0.4) is 0 Å². The predicted octanol–water partition coefficient (Wildman–Crippen LogP) is 3.82. The Kier molecular flexibility index (Phi) is 3.61. The SMILES string of the molecule is C[C@H]1O[C@@]2(C)O[C@@H]1C[C@H](C(C)(C)Sc1ccccc1)O2. The molecule has 2 heterocycles. The van der Waals surface area contributed by atoms with E-state index in [2.05, 4.69) is 45.0 Å². The molecule has 0 spiro atoms. The smallest absolute Gasteiger partial charge is 0.280 e. The van der Waals surface area contributed by atoms with Gasteiger partial charge in [-0.2, -0.15) is 0 Å². The first kappa shape index (κ1) is 14.4. The zero-order valence-electron chi connectivity index (χ0n) is 12.5. The van der Waals surface area contributed by atoms with Crippen molar-refractivity contribution in [3.05, 3.63) is 30.3 Å². The van der Waals surface area contributed by atoms with E-state index < -0.39 is 5.97 Å². The minimum atomic E-state index is -0.873. The van der Waals surface area contributed by atoms with Crippen molar-refractivity contribution in [1.82, 2.24) is 0 Å². The van der Waals surface area contributed by atoms with Crippen molar-refractivity contribution in [3.8, 4) is 0 Å². The van der Waals surface area contributed by atoms with Crippen LogP contribution in [-0.4, -0.2) is 29.0 Å². The van der Waals surface area contributed by atoms with Crippen LogP contribution in [0.1, 0.15) is 34.1 Å². The lowest BCUT2D eigenvalue weighted by molar-refractivity contribution is -0.367. The topological polar surface area (TPSA) is 27.7 Å². The molecular formula is C16H22O3S. The Morgan fingerprint density at radius 3 is 2.50 bits per heavy atom. The van der Waals surface area contributed by atoms with Crippen LogP contribution in [0, 0.1) is 0 Å². The number of thioether (sulfide) groups is 1. The van der Waals surface area contributed by atoms with E-state index in [1.807, 2.05) is 24.8 Å². The average Bonchev–Trinajstić information content (AvgIpc) is 2.58. The molecule has 2 aliphatic rings. The molecule has 4 atom stereocenters. The van der Waals surface area contributed by atoms with Crippen LogP contribution < -0.4 is 0 Å². The number of rotatable bonds is 3. The summed E-state index contributed by atoms with van der Waals surface area (Å²) in [6.07, 6.45) is 1.22. The third-order valence-corrected chi connectivity index (χ3v) is 5.29. The molecule has 0 N–H and O–H groups in total. The third-order valence-electron chi connectivity index (χ3n) is 3.99. The van der Waals surface area contributed by atoms with Gasteiger partial charge in [-0.1, -0.05) is 18.2 Å². The summed E-state index contributed by atoms with van der Waals surface area (Å²) < 4.78 is 17.7. The number of ether oxygens (including phenoxy) is 3. The molecule has 2 aliphatic heterocycles.